The van der Waals surface area contributed by atoms with Gasteiger partial charge in [0.15, 0.2) is 0 Å². The van der Waals surface area contributed by atoms with Gasteiger partial charge in [0.1, 0.15) is 18.1 Å². The summed E-state index contributed by atoms with van der Waals surface area (Å²) in [5, 5.41) is 18.8. The molecule has 0 bridgehead atoms. The van der Waals surface area contributed by atoms with Crippen LogP contribution in [0.5, 0.6) is 0 Å². The van der Waals surface area contributed by atoms with Crippen LogP contribution in [0.4, 0.5) is 0 Å². The van der Waals surface area contributed by atoms with Crippen LogP contribution < -0.4 is 21.7 Å². The van der Waals surface area contributed by atoms with Gasteiger partial charge in [-0.05, 0) is 23.5 Å². The Bertz CT molecular complexity index is 1300. The number of carboxylic acids is 1. The van der Waals surface area contributed by atoms with E-state index in [-0.39, 0.29) is 24.7 Å². The van der Waals surface area contributed by atoms with Gasteiger partial charge in [-0.3, -0.25) is 14.4 Å². The number of hydrogen-bond donors (Lipinski definition) is 7. The summed E-state index contributed by atoms with van der Waals surface area (Å²) >= 11 is 0. The molecule has 216 valence electrons. The van der Waals surface area contributed by atoms with Crippen molar-refractivity contribution in [1.82, 2.24) is 30.9 Å². The molecule has 3 amide bonds. The predicted molar refractivity (Wildman–Crippen MR) is 150 cm³/mol. The van der Waals surface area contributed by atoms with Gasteiger partial charge in [0.25, 0.3) is 0 Å². The average molecular weight is 554 g/mol. The molecule has 2 heterocycles. The molecule has 3 aromatic rings. The number of nitrogens with zero attached hydrogens (tertiary/aromatic N) is 1. The monoisotopic (exact) mass is 553 g/mol. The molecule has 0 saturated carbocycles. The Morgan fingerprint density at radius 2 is 1.65 bits per heavy atom. The number of para-hydroxylation sites is 1. The number of nitrogens with one attached hydrogen (secondary N) is 5. The van der Waals surface area contributed by atoms with Crippen molar-refractivity contribution in [2.24, 2.45) is 17.6 Å². The second-order valence-electron chi connectivity index (χ2n) is 10.4. The Morgan fingerprint density at radius 1 is 0.950 bits per heavy atom. The molecule has 0 aliphatic carbocycles. The van der Waals surface area contributed by atoms with E-state index in [1.165, 1.54) is 12.5 Å². The predicted octanol–water partition coefficient (Wildman–Crippen LogP) is 1.24. The van der Waals surface area contributed by atoms with Crippen LogP contribution in [-0.2, 0) is 32.0 Å². The first-order chi connectivity index (χ1) is 19.0. The summed E-state index contributed by atoms with van der Waals surface area (Å²) in [6, 6.07) is 3.34. The molecule has 5 atom stereocenters. The molecular weight excluding hydrogens is 514 g/mol. The summed E-state index contributed by atoms with van der Waals surface area (Å²) < 4.78 is 0. The zero-order valence-electron chi connectivity index (χ0n) is 23.2. The van der Waals surface area contributed by atoms with Crippen molar-refractivity contribution >= 4 is 34.6 Å². The number of amides is 3. The Morgan fingerprint density at radius 3 is 2.27 bits per heavy atom. The first-order valence-electron chi connectivity index (χ1n) is 13.4. The summed E-state index contributed by atoms with van der Waals surface area (Å²) in [4.78, 5) is 61.6. The average Bonchev–Trinajstić information content (AvgIpc) is 3.59. The Hall–Kier alpha value is -4.19. The quantitative estimate of drug-likeness (QED) is 0.156. The minimum absolute atomic E-state index is 0.0299. The van der Waals surface area contributed by atoms with Crippen molar-refractivity contribution in [3.8, 4) is 0 Å². The molecule has 0 fully saturated rings. The van der Waals surface area contributed by atoms with Gasteiger partial charge in [-0.2, -0.15) is 0 Å². The van der Waals surface area contributed by atoms with Crippen LogP contribution in [0.1, 0.15) is 45.4 Å². The van der Waals surface area contributed by atoms with Crippen molar-refractivity contribution in [2.75, 3.05) is 0 Å². The van der Waals surface area contributed by atoms with E-state index in [2.05, 4.69) is 30.9 Å². The molecule has 1 aromatic carbocycles. The van der Waals surface area contributed by atoms with E-state index in [0.717, 1.165) is 16.5 Å². The summed E-state index contributed by atoms with van der Waals surface area (Å²) in [7, 11) is 0. The molecule has 0 aliphatic rings. The number of rotatable bonds is 14. The van der Waals surface area contributed by atoms with Crippen LogP contribution in [0.3, 0.4) is 0 Å². The number of carboxylic acid groups (broad SMARTS) is 1. The molecule has 0 spiro atoms. The molecule has 3 rings (SSSR count). The number of hydrogen-bond acceptors (Lipinski definition) is 6. The van der Waals surface area contributed by atoms with Gasteiger partial charge in [-0.1, -0.05) is 52.3 Å². The van der Waals surface area contributed by atoms with E-state index in [9.17, 15) is 24.3 Å². The summed E-state index contributed by atoms with van der Waals surface area (Å²) in [6.07, 6.45) is 5.44. The van der Waals surface area contributed by atoms with E-state index < -0.39 is 47.9 Å². The highest BCUT2D eigenvalue weighted by Gasteiger charge is 2.33. The summed E-state index contributed by atoms with van der Waals surface area (Å²) in [5.74, 6) is -3.32. The van der Waals surface area contributed by atoms with Gasteiger partial charge in [-0.25, -0.2) is 9.78 Å². The number of fused-ring (bicyclic) bond motifs is 1. The van der Waals surface area contributed by atoms with Crippen molar-refractivity contribution in [3.63, 3.8) is 0 Å². The lowest BCUT2D eigenvalue weighted by Gasteiger charge is -2.27. The fourth-order valence-corrected chi connectivity index (χ4v) is 4.38. The molecular formula is C28H39N7O5. The fraction of sp³-hybridized carbons (Fsp3) is 0.464. The smallest absolute Gasteiger partial charge is 0.326 e. The summed E-state index contributed by atoms with van der Waals surface area (Å²) in [6.45, 7) is 7.32. The number of H-pyrrole nitrogens is 2. The minimum Gasteiger partial charge on any atom is -0.480 e. The standard InChI is InChI=1S/C28H39N7O5/c1-5-16(4)23(29)26(37)35-24(15(2)3)27(38)33-21(11-18-13-30-14-32-18)25(36)34-22(28(39)40)10-17-12-31-20-9-7-6-8-19(17)20/h6-9,12-16,21-24,31H,5,10-11,29H2,1-4H3,(H,30,32)(H,33,38)(H,34,36)(H,35,37)(H,39,40). The van der Waals surface area contributed by atoms with Gasteiger partial charge in [0.2, 0.25) is 17.7 Å². The molecule has 5 unspecified atom stereocenters. The number of aromatic amines is 2. The number of benzene rings is 1. The van der Waals surface area contributed by atoms with Crippen molar-refractivity contribution in [1.29, 1.82) is 0 Å². The lowest BCUT2D eigenvalue weighted by Crippen LogP contribution is -2.59. The maximum atomic E-state index is 13.4. The number of nitrogens with two attached hydrogens (primary N) is 1. The third-order valence-corrected chi connectivity index (χ3v) is 7.13. The largest absolute Gasteiger partial charge is 0.480 e. The number of aromatic nitrogens is 3. The highest BCUT2D eigenvalue weighted by atomic mass is 16.4. The molecule has 40 heavy (non-hydrogen) atoms. The lowest BCUT2D eigenvalue weighted by atomic mass is 9.97. The minimum atomic E-state index is -1.25. The van der Waals surface area contributed by atoms with Crippen LogP contribution in [0.2, 0.25) is 0 Å². The maximum absolute atomic E-state index is 13.4. The number of carbonyl (C=O) groups is 4. The van der Waals surface area contributed by atoms with E-state index >= 15 is 0 Å². The van der Waals surface area contributed by atoms with Crippen molar-refractivity contribution < 1.29 is 24.3 Å². The van der Waals surface area contributed by atoms with E-state index in [1.54, 1.807) is 20.0 Å². The van der Waals surface area contributed by atoms with Crippen LogP contribution in [0, 0.1) is 11.8 Å². The molecule has 12 nitrogen and oxygen atoms in total. The van der Waals surface area contributed by atoms with E-state index in [4.69, 9.17) is 5.73 Å². The second-order valence-corrected chi connectivity index (χ2v) is 10.4. The molecule has 2 aromatic heterocycles. The Balaban J connectivity index is 1.78. The van der Waals surface area contributed by atoms with E-state index in [1.807, 2.05) is 38.1 Å². The van der Waals surface area contributed by atoms with Gasteiger partial charge >= 0.3 is 5.97 Å². The zero-order chi connectivity index (χ0) is 29.4. The summed E-state index contributed by atoms with van der Waals surface area (Å²) in [5.41, 5.74) is 8.21. The van der Waals surface area contributed by atoms with Gasteiger partial charge in [0.05, 0.1) is 12.4 Å². The van der Waals surface area contributed by atoms with Crippen molar-refractivity contribution in [3.05, 3.63) is 54.2 Å². The third-order valence-electron chi connectivity index (χ3n) is 7.13. The van der Waals surface area contributed by atoms with Crippen LogP contribution in [0.15, 0.2) is 43.0 Å². The van der Waals surface area contributed by atoms with Crippen LogP contribution in [-0.4, -0.2) is 67.9 Å². The first kappa shape index (κ1) is 30.4. The Labute approximate surface area is 232 Å². The number of carbonyl (C=O) groups excluding carboxylic acids is 3. The normalized spacial score (nSPS) is 15.2. The third kappa shape index (κ3) is 7.69. The molecule has 0 saturated heterocycles. The first-order valence-corrected chi connectivity index (χ1v) is 13.4. The zero-order valence-corrected chi connectivity index (χ0v) is 23.2. The molecule has 8 N–H and O–H groups in total. The van der Waals surface area contributed by atoms with Gasteiger partial charge in [0, 0.05) is 41.8 Å². The van der Waals surface area contributed by atoms with E-state index in [0.29, 0.717) is 12.1 Å². The van der Waals surface area contributed by atoms with Crippen LogP contribution >= 0.6 is 0 Å². The van der Waals surface area contributed by atoms with Gasteiger partial charge in [-0.15, -0.1) is 0 Å². The molecule has 0 aliphatic heterocycles. The van der Waals surface area contributed by atoms with Gasteiger partial charge < -0.3 is 36.8 Å². The maximum Gasteiger partial charge on any atom is 0.326 e. The SMILES string of the molecule is CCC(C)C(N)C(=O)NC(C(=O)NC(Cc1cnc[nH]1)C(=O)NC(Cc1c[nH]c2ccccc12)C(=O)O)C(C)C. The fourth-order valence-electron chi connectivity index (χ4n) is 4.38. The highest BCUT2D eigenvalue weighted by Crippen LogP contribution is 2.19. The Kier molecular flexibility index (Phi) is 10.4. The molecule has 12 heteroatoms. The number of aliphatic carboxylic acids is 1. The number of imidazole rings is 1. The molecule has 0 radical (unpaired) electrons. The lowest BCUT2D eigenvalue weighted by molar-refractivity contribution is -0.142. The highest BCUT2D eigenvalue weighted by molar-refractivity contribution is 5.94. The topological polar surface area (TPSA) is 195 Å². The van der Waals surface area contributed by atoms with Crippen molar-refractivity contribution in [2.45, 2.75) is 71.1 Å². The van der Waals surface area contributed by atoms with Crippen LogP contribution in [0.25, 0.3) is 10.9 Å². The second kappa shape index (κ2) is 13.7.